The second-order valence-corrected chi connectivity index (χ2v) is 8.59. The lowest BCUT2D eigenvalue weighted by Crippen LogP contribution is -2.48. The minimum Gasteiger partial charge on any atom is -0.366 e. The van der Waals surface area contributed by atoms with Crippen LogP contribution in [0.1, 0.15) is 24.8 Å². The Balaban J connectivity index is 1.35. The van der Waals surface area contributed by atoms with E-state index in [4.69, 9.17) is 0 Å². The summed E-state index contributed by atoms with van der Waals surface area (Å²) in [6, 6.07) is 13.1. The summed E-state index contributed by atoms with van der Waals surface area (Å²) in [5, 5.41) is 4.49. The smallest absolute Gasteiger partial charge is 0.366 e. The van der Waals surface area contributed by atoms with Gasteiger partial charge in [-0.3, -0.25) is 0 Å². The normalized spacial score (nSPS) is 19.6. The number of rotatable bonds is 4. The van der Waals surface area contributed by atoms with Gasteiger partial charge in [-0.05, 0) is 48.7 Å². The molecule has 0 radical (unpaired) electrons. The second kappa shape index (κ2) is 8.78. The van der Waals surface area contributed by atoms with Crippen LogP contribution in [0.4, 0.5) is 15.0 Å². The van der Waals surface area contributed by atoms with Crippen LogP contribution in [0.25, 0.3) is 16.6 Å². The highest BCUT2D eigenvalue weighted by atomic mass is 19.3. The largest absolute Gasteiger partial charge is 0.447 e. The van der Waals surface area contributed by atoms with Crippen LogP contribution in [0.3, 0.4) is 0 Å². The fourth-order valence-corrected chi connectivity index (χ4v) is 4.94. The highest BCUT2D eigenvalue weighted by Gasteiger charge is 2.25. The van der Waals surface area contributed by atoms with Crippen molar-refractivity contribution in [3.8, 4) is 11.1 Å². The van der Waals surface area contributed by atoms with Gasteiger partial charge in [0.25, 0.3) is 0 Å². The number of hydrogen-bond acceptors (Lipinski definition) is 5. The summed E-state index contributed by atoms with van der Waals surface area (Å²) in [5.41, 5.74) is 5.78. The summed E-state index contributed by atoms with van der Waals surface area (Å²) >= 11 is 0. The van der Waals surface area contributed by atoms with E-state index in [-0.39, 0.29) is 0 Å². The first kappa shape index (κ1) is 20.8. The molecule has 8 heteroatoms. The molecule has 1 aromatic carbocycles. The van der Waals surface area contributed by atoms with E-state index in [1.165, 1.54) is 29.0 Å². The summed E-state index contributed by atoms with van der Waals surface area (Å²) in [7, 11) is 0. The van der Waals surface area contributed by atoms with Crippen LogP contribution in [0.2, 0.25) is 0 Å². The number of halogens is 1. The first-order valence-corrected chi connectivity index (χ1v) is 11.3. The maximum Gasteiger partial charge on any atom is 0.447 e. The minimum atomic E-state index is -0.919. The highest BCUT2D eigenvalue weighted by molar-refractivity contribution is 5.80. The maximum absolute atomic E-state index is 12.2. The van der Waals surface area contributed by atoms with E-state index in [0.29, 0.717) is 32.1 Å². The summed E-state index contributed by atoms with van der Waals surface area (Å²) < 4.78 is 14.1. The Morgan fingerprint density at radius 1 is 1.09 bits per heavy atom. The Labute approximate surface area is 186 Å². The first-order valence-electron chi connectivity index (χ1n) is 11.3. The average Bonchev–Trinajstić information content (AvgIpc) is 3.51. The third-order valence-electron chi connectivity index (χ3n) is 6.87. The number of nitrogens with zero attached hydrogens (tertiary/aromatic N) is 5. The van der Waals surface area contributed by atoms with Gasteiger partial charge in [0, 0.05) is 55.2 Å². The van der Waals surface area contributed by atoms with Crippen molar-refractivity contribution in [2.24, 2.45) is 0 Å². The maximum atomic E-state index is 12.2. The van der Waals surface area contributed by atoms with Gasteiger partial charge in [-0.1, -0.05) is 31.2 Å². The highest BCUT2D eigenvalue weighted by Crippen LogP contribution is 2.31. The van der Waals surface area contributed by atoms with Gasteiger partial charge in [0.2, 0.25) is 0 Å². The predicted molar refractivity (Wildman–Crippen MR) is 121 cm³/mol. The van der Waals surface area contributed by atoms with E-state index in [9.17, 15) is 9.32 Å². The van der Waals surface area contributed by atoms with E-state index in [1.807, 2.05) is 10.6 Å². The van der Waals surface area contributed by atoms with Crippen LogP contribution in [0.5, 0.6) is 0 Å². The number of aromatic nitrogens is 2. The van der Waals surface area contributed by atoms with E-state index in [0.717, 1.165) is 29.9 Å². The second-order valence-electron chi connectivity index (χ2n) is 8.59. The van der Waals surface area contributed by atoms with Gasteiger partial charge in [0.1, 0.15) is 0 Å². The minimum absolute atomic E-state index is 0.420. The summed E-state index contributed by atoms with van der Waals surface area (Å²) in [6.07, 6.45) is 4.15. The van der Waals surface area contributed by atoms with E-state index < -0.39 is 6.09 Å². The average molecular weight is 438 g/mol. The van der Waals surface area contributed by atoms with E-state index in [2.05, 4.69) is 63.3 Å². The van der Waals surface area contributed by atoms with Crippen LogP contribution in [0, 0.1) is 0 Å². The molecule has 2 aliphatic heterocycles. The van der Waals surface area contributed by atoms with Crippen molar-refractivity contribution < 1.29 is 14.3 Å². The number of fused-ring (bicyclic) bond motifs is 1. The summed E-state index contributed by atoms with van der Waals surface area (Å²) in [4.78, 5) is 20.9. The van der Waals surface area contributed by atoms with E-state index >= 15 is 0 Å². The number of amides is 1. The Kier molecular flexibility index (Phi) is 5.70. The quantitative estimate of drug-likeness (QED) is 0.619. The standard InChI is InChI=1S/C24H28FN5O2/c1-2-27-10-8-20(16-27)18-3-5-19(6-4-18)21-15-23-22(7-9-26-30(23)17-21)28-11-13-29(14-12-28)24(31)32-25/h3-7,9,15,17,20H,2,8,10-14,16H2,1H3/t20-/m1/s1. The van der Waals surface area contributed by atoms with Crippen molar-refractivity contribution in [1.29, 1.82) is 0 Å². The zero-order chi connectivity index (χ0) is 22.1. The molecule has 1 amide bonds. The number of likely N-dealkylation sites (tertiary alicyclic amines) is 1. The molecule has 3 aromatic rings. The zero-order valence-electron chi connectivity index (χ0n) is 18.3. The van der Waals surface area contributed by atoms with Gasteiger partial charge in [0.15, 0.2) is 0 Å². The molecule has 0 unspecified atom stereocenters. The third kappa shape index (κ3) is 3.90. The molecular weight excluding hydrogens is 409 g/mol. The molecular formula is C24H28FN5O2. The molecule has 0 spiro atoms. The molecule has 168 valence electrons. The molecule has 2 fully saturated rings. The van der Waals surface area contributed by atoms with Gasteiger partial charge >= 0.3 is 6.09 Å². The lowest BCUT2D eigenvalue weighted by Gasteiger charge is -2.34. The Morgan fingerprint density at radius 3 is 2.56 bits per heavy atom. The van der Waals surface area contributed by atoms with Gasteiger partial charge in [0.05, 0.1) is 11.2 Å². The SMILES string of the molecule is CCN1CC[C@@H](c2ccc(-c3cc4c(N5CCN(C(=O)OF)CC5)ccnn4c3)cc2)C1. The van der Waals surface area contributed by atoms with Crippen molar-refractivity contribution in [3.63, 3.8) is 0 Å². The van der Waals surface area contributed by atoms with Crippen LogP contribution in [-0.4, -0.2) is 71.3 Å². The van der Waals surface area contributed by atoms with Crippen LogP contribution in [-0.2, 0) is 4.94 Å². The number of likely N-dealkylation sites (N-methyl/N-ethyl adjacent to an activating group) is 1. The number of anilines is 1. The number of carbonyl (C=O) groups is 1. The molecule has 0 N–H and O–H groups in total. The monoisotopic (exact) mass is 437 g/mol. The molecule has 2 aliphatic rings. The molecule has 7 nitrogen and oxygen atoms in total. The fraction of sp³-hybridized carbons (Fsp3) is 0.417. The topological polar surface area (TPSA) is 53.3 Å². The number of hydrogen-bond donors (Lipinski definition) is 0. The molecule has 2 saturated heterocycles. The van der Waals surface area contributed by atoms with Gasteiger partial charge in [-0.15, -0.1) is 0 Å². The van der Waals surface area contributed by atoms with Crippen molar-refractivity contribution in [2.75, 3.05) is 50.7 Å². The first-order chi connectivity index (χ1) is 15.7. The van der Waals surface area contributed by atoms with Crippen molar-refractivity contribution in [1.82, 2.24) is 19.4 Å². The molecule has 1 atom stereocenters. The molecule has 0 aliphatic carbocycles. The van der Waals surface area contributed by atoms with Gasteiger partial charge < -0.3 is 14.7 Å². The van der Waals surface area contributed by atoms with Crippen molar-refractivity contribution in [3.05, 3.63) is 54.4 Å². The number of carbonyl (C=O) groups excluding carboxylic acids is 1. The Bertz CT molecular complexity index is 1090. The Hall–Kier alpha value is -3.13. The van der Waals surface area contributed by atoms with Crippen LogP contribution < -0.4 is 4.90 Å². The molecule has 5 rings (SSSR count). The van der Waals surface area contributed by atoms with Gasteiger partial charge in [-0.2, -0.15) is 5.10 Å². The predicted octanol–water partition coefficient (Wildman–Crippen LogP) is 3.95. The number of benzene rings is 1. The third-order valence-corrected chi connectivity index (χ3v) is 6.87. The van der Waals surface area contributed by atoms with E-state index in [1.54, 1.807) is 6.20 Å². The molecule has 2 aromatic heterocycles. The fourth-order valence-electron chi connectivity index (χ4n) is 4.94. The number of piperazine rings is 1. The zero-order valence-corrected chi connectivity index (χ0v) is 18.3. The molecule has 32 heavy (non-hydrogen) atoms. The van der Waals surface area contributed by atoms with Crippen LogP contribution >= 0.6 is 0 Å². The van der Waals surface area contributed by atoms with Crippen molar-refractivity contribution >= 4 is 17.3 Å². The van der Waals surface area contributed by atoms with Crippen LogP contribution in [0.15, 0.2) is 48.8 Å². The van der Waals surface area contributed by atoms with Crippen molar-refractivity contribution in [2.45, 2.75) is 19.3 Å². The molecule has 0 bridgehead atoms. The summed E-state index contributed by atoms with van der Waals surface area (Å²) in [6.45, 7) is 7.74. The lowest BCUT2D eigenvalue weighted by atomic mass is 9.96. The lowest BCUT2D eigenvalue weighted by molar-refractivity contribution is -0.0799. The summed E-state index contributed by atoms with van der Waals surface area (Å²) in [5.74, 6) is 0.624. The Morgan fingerprint density at radius 2 is 1.88 bits per heavy atom. The van der Waals surface area contributed by atoms with Gasteiger partial charge in [-0.25, -0.2) is 14.3 Å². The molecule has 4 heterocycles. The molecule has 0 saturated carbocycles.